The first-order valence-electron chi connectivity index (χ1n) is 7.47. The Hall–Kier alpha value is -1.44. The zero-order valence-corrected chi connectivity index (χ0v) is 12.0. The summed E-state index contributed by atoms with van der Waals surface area (Å²) in [5, 5.41) is 2.47. The van der Waals surface area contributed by atoms with Crippen molar-refractivity contribution < 1.29 is 8.78 Å². The smallest absolute Gasteiger partial charge is 0.207 e. The third-order valence-electron chi connectivity index (χ3n) is 3.73. The molecule has 20 heavy (non-hydrogen) atoms. The van der Waals surface area contributed by atoms with E-state index in [1.165, 1.54) is 16.3 Å². The fourth-order valence-electron chi connectivity index (χ4n) is 2.70. The van der Waals surface area contributed by atoms with Crippen LogP contribution in [0.2, 0.25) is 0 Å². The summed E-state index contributed by atoms with van der Waals surface area (Å²) in [4.78, 5) is 0. The maximum Gasteiger partial charge on any atom is 0.248 e. The molecule has 0 fully saturated rings. The molecular formula is C18H22F2. The average Bonchev–Trinajstić information content (AvgIpc) is 2.43. The highest BCUT2D eigenvalue weighted by Crippen LogP contribution is 2.27. The van der Waals surface area contributed by atoms with Gasteiger partial charge in [-0.15, -0.1) is 0 Å². The predicted molar refractivity (Wildman–Crippen MR) is 81.4 cm³/mol. The molecule has 0 aliphatic rings. The highest BCUT2D eigenvalue weighted by molar-refractivity contribution is 5.85. The molecule has 108 valence electrons. The summed E-state index contributed by atoms with van der Waals surface area (Å²) in [5.74, 6) is -2.48. The number of alkyl halides is 2. The molecule has 0 spiro atoms. The topological polar surface area (TPSA) is 0 Å². The number of benzene rings is 2. The van der Waals surface area contributed by atoms with Crippen LogP contribution in [0.1, 0.15) is 44.6 Å². The Morgan fingerprint density at radius 3 is 2.45 bits per heavy atom. The van der Waals surface area contributed by atoms with Gasteiger partial charge in [0.05, 0.1) is 0 Å². The van der Waals surface area contributed by atoms with Crippen LogP contribution in [0.5, 0.6) is 0 Å². The highest BCUT2D eigenvalue weighted by Gasteiger charge is 2.26. The van der Waals surface area contributed by atoms with Gasteiger partial charge in [0.15, 0.2) is 0 Å². The minimum Gasteiger partial charge on any atom is -0.207 e. The van der Waals surface area contributed by atoms with Crippen LogP contribution in [-0.2, 0) is 6.42 Å². The highest BCUT2D eigenvalue weighted by atomic mass is 19.3. The molecule has 0 unspecified atom stereocenters. The maximum atomic E-state index is 13.4. The molecular weight excluding hydrogens is 254 g/mol. The molecule has 0 nitrogen and oxygen atoms in total. The average molecular weight is 276 g/mol. The van der Waals surface area contributed by atoms with Crippen LogP contribution in [0, 0.1) is 0 Å². The van der Waals surface area contributed by atoms with Gasteiger partial charge >= 0.3 is 0 Å². The summed E-state index contributed by atoms with van der Waals surface area (Å²) in [6.45, 7) is 1.81. The van der Waals surface area contributed by atoms with Crippen LogP contribution in [0.15, 0.2) is 42.5 Å². The number of hydrogen-bond donors (Lipinski definition) is 0. The normalized spacial score (nSPS) is 11.9. The zero-order valence-electron chi connectivity index (χ0n) is 12.0. The molecule has 0 amide bonds. The first-order valence-corrected chi connectivity index (χ1v) is 7.47. The van der Waals surface area contributed by atoms with E-state index in [0.717, 1.165) is 12.8 Å². The van der Waals surface area contributed by atoms with Gasteiger partial charge < -0.3 is 0 Å². The first kappa shape index (κ1) is 15.0. The van der Waals surface area contributed by atoms with Crippen LogP contribution >= 0.6 is 0 Å². The Morgan fingerprint density at radius 1 is 0.900 bits per heavy atom. The van der Waals surface area contributed by atoms with E-state index in [-0.39, 0.29) is 12.8 Å². The Morgan fingerprint density at radius 2 is 1.65 bits per heavy atom. The minimum absolute atomic E-state index is 0.0151. The number of aryl methyl sites for hydroxylation is 1. The monoisotopic (exact) mass is 276 g/mol. The summed E-state index contributed by atoms with van der Waals surface area (Å²) in [7, 11) is 0. The molecule has 0 aliphatic heterocycles. The van der Waals surface area contributed by atoms with E-state index in [0.29, 0.717) is 12.8 Å². The molecule has 0 bridgehead atoms. The molecule has 0 N–H and O–H groups in total. The largest absolute Gasteiger partial charge is 0.248 e. The lowest BCUT2D eigenvalue weighted by Crippen LogP contribution is -2.15. The van der Waals surface area contributed by atoms with Crippen molar-refractivity contribution in [3.05, 3.63) is 48.0 Å². The van der Waals surface area contributed by atoms with Gasteiger partial charge in [0, 0.05) is 12.8 Å². The molecule has 0 atom stereocenters. The van der Waals surface area contributed by atoms with Gasteiger partial charge in [-0.05, 0) is 35.6 Å². The summed E-state index contributed by atoms with van der Waals surface area (Å²) in [5.41, 5.74) is 1.27. The molecule has 2 rings (SSSR count). The van der Waals surface area contributed by atoms with Gasteiger partial charge in [-0.25, -0.2) is 8.78 Å². The Kier molecular flexibility index (Phi) is 5.11. The van der Waals surface area contributed by atoms with Gasteiger partial charge in [0.1, 0.15) is 0 Å². The number of fused-ring (bicyclic) bond motifs is 1. The Balaban J connectivity index is 1.90. The maximum absolute atomic E-state index is 13.4. The fourth-order valence-corrected chi connectivity index (χ4v) is 2.70. The van der Waals surface area contributed by atoms with Gasteiger partial charge in [0.25, 0.3) is 0 Å². The van der Waals surface area contributed by atoms with Crippen molar-refractivity contribution in [2.45, 2.75) is 51.4 Å². The molecule has 2 aromatic rings. The second-order valence-corrected chi connectivity index (χ2v) is 5.45. The summed E-state index contributed by atoms with van der Waals surface area (Å²) < 4.78 is 26.8. The molecule has 2 aromatic carbocycles. The van der Waals surface area contributed by atoms with E-state index in [1.54, 1.807) is 0 Å². The van der Waals surface area contributed by atoms with E-state index in [4.69, 9.17) is 0 Å². The van der Waals surface area contributed by atoms with Crippen LogP contribution in [0.3, 0.4) is 0 Å². The SMILES string of the molecule is CCCC(F)(F)CCCCc1cccc2ccccc12. The van der Waals surface area contributed by atoms with E-state index in [9.17, 15) is 8.78 Å². The summed E-state index contributed by atoms with van der Waals surface area (Å²) in [6.07, 6.45) is 2.89. The summed E-state index contributed by atoms with van der Waals surface area (Å²) >= 11 is 0. The molecule has 0 radical (unpaired) electrons. The van der Waals surface area contributed by atoms with Crippen LogP contribution in [0.25, 0.3) is 10.8 Å². The fraction of sp³-hybridized carbons (Fsp3) is 0.444. The van der Waals surface area contributed by atoms with Crippen LogP contribution in [0.4, 0.5) is 8.78 Å². The van der Waals surface area contributed by atoms with Gasteiger partial charge in [-0.1, -0.05) is 55.8 Å². The second-order valence-electron chi connectivity index (χ2n) is 5.45. The lowest BCUT2D eigenvalue weighted by atomic mass is 9.98. The zero-order chi connectivity index (χ0) is 14.4. The minimum atomic E-state index is -2.48. The van der Waals surface area contributed by atoms with Gasteiger partial charge in [-0.3, -0.25) is 0 Å². The molecule has 0 aliphatic carbocycles. The third kappa shape index (κ3) is 4.03. The van der Waals surface area contributed by atoms with Crippen molar-refractivity contribution in [1.29, 1.82) is 0 Å². The molecule has 0 heterocycles. The van der Waals surface area contributed by atoms with Crippen molar-refractivity contribution in [3.63, 3.8) is 0 Å². The Labute approximate surface area is 119 Å². The van der Waals surface area contributed by atoms with Crippen molar-refractivity contribution in [2.24, 2.45) is 0 Å². The van der Waals surface area contributed by atoms with E-state index >= 15 is 0 Å². The number of halogens is 2. The quantitative estimate of drug-likeness (QED) is 0.545. The van der Waals surface area contributed by atoms with Crippen molar-refractivity contribution in [1.82, 2.24) is 0 Å². The molecule has 2 heteroatoms. The third-order valence-corrected chi connectivity index (χ3v) is 3.73. The van der Waals surface area contributed by atoms with Crippen LogP contribution in [-0.4, -0.2) is 5.92 Å². The van der Waals surface area contributed by atoms with Gasteiger partial charge in [0.2, 0.25) is 5.92 Å². The molecule has 0 saturated carbocycles. The van der Waals surface area contributed by atoms with E-state index < -0.39 is 5.92 Å². The van der Waals surface area contributed by atoms with Crippen molar-refractivity contribution in [2.75, 3.05) is 0 Å². The summed E-state index contributed by atoms with van der Waals surface area (Å²) in [6, 6.07) is 14.5. The van der Waals surface area contributed by atoms with E-state index in [1.807, 2.05) is 25.1 Å². The number of hydrogen-bond acceptors (Lipinski definition) is 0. The predicted octanol–water partition coefficient (Wildman–Crippen LogP) is 5.99. The number of rotatable bonds is 7. The second kappa shape index (κ2) is 6.83. The van der Waals surface area contributed by atoms with Crippen molar-refractivity contribution in [3.8, 4) is 0 Å². The lowest BCUT2D eigenvalue weighted by Gasteiger charge is -2.15. The first-order chi connectivity index (χ1) is 9.62. The molecule has 0 saturated heterocycles. The molecule has 0 aromatic heterocycles. The Bertz CT molecular complexity index is 541. The standard InChI is InChI=1S/C18H22F2/c1-2-13-18(19,20)14-6-5-9-16-11-7-10-15-8-3-4-12-17(15)16/h3-4,7-8,10-12H,2,5-6,9,13-14H2,1H3. The van der Waals surface area contributed by atoms with Gasteiger partial charge in [-0.2, -0.15) is 0 Å². The van der Waals surface area contributed by atoms with Crippen LogP contribution < -0.4 is 0 Å². The van der Waals surface area contributed by atoms with Crippen molar-refractivity contribution >= 4 is 10.8 Å². The van der Waals surface area contributed by atoms with E-state index in [2.05, 4.69) is 24.3 Å². The number of unbranched alkanes of at least 4 members (excludes halogenated alkanes) is 1. The lowest BCUT2D eigenvalue weighted by molar-refractivity contribution is -0.0188.